The van der Waals surface area contributed by atoms with Crippen molar-refractivity contribution >= 4 is 10.1 Å². The molecule has 0 amide bonds. The van der Waals surface area contributed by atoms with Crippen LogP contribution in [0.2, 0.25) is 0 Å². The van der Waals surface area contributed by atoms with Crippen LogP contribution < -0.4 is 0 Å². The molecule has 0 spiro atoms. The molecular formula is C16H18O3S. The summed E-state index contributed by atoms with van der Waals surface area (Å²) in [6.07, 6.45) is 2.57. The number of aryl methyl sites for hydroxylation is 1. The molecule has 0 aliphatic rings. The van der Waals surface area contributed by atoms with Crippen molar-refractivity contribution in [1.29, 1.82) is 0 Å². The fourth-order valence-corrected chi connectivity index (χ4v) is 2.86. The molecular weight excluding hydrogens is 272 g/mol. The van der Waals surface area contributed by atoms with Crippen LogP contribution in [0.3, 0.4) is 0 Å². The number of hydrogen-bond donors (Lipinski definition) is 0. The normalized spacial score (nSPS) is 11.4. The predicted octanol–water partition coefficient (Wildman–Crippen LogP) is 3.41. The zero-order chi connectivity index (χ0) is 14.3. The van der Waals surface area contributed by atoms with Gasteiger partial charge >= 0.3 is 0 Å². The molecule has 2 rings (SSSR count). The monoisotopic (exact) mass is 290 g/mol. The van der Waals surface area contributed by atoms with E-state index < -0.39 is 10.1 Å². The average molecular weight is 290 g/mol. The molecule has 0 saturated carbocycles. The minimum absolute atomic E-state index is 0.211. The molecule has 0 unspecified atom stereocenters. The van der Waals surface area contributed by atoms with Crippen molar-refractivity contribution in [3.63, 3.8) is 0 Å². The van der Waals surface area contributed by atoms with Crippen molar-refractivity contribution in [2.75, 3.05) is 6.61 Å². The summed E-state index contributed by atoms with van der Waals surface area (Å²) in [5, 5.41) is 0. The summed E-state index contributed by atoms with van der Waals surface area (Å²) >= 11 is 0. The summed E-state index contributed by atoms with van der Waals surface area (Å²) < 4.78 is 28.7. The van der Waals surface area contributed by atoms with Gasteiger partial charge in [-0.25, -0.2) is 0 Å². The lowest BCUT2D eigenvalue weighted by Crippen LogP contribution is -2.07. The molecule has 0 saturated heterocycles. The number of unbranched alkanes of at least 4 members (excludes halogenated alkanes) is 1. The first kappa shape index (κ1) is 14.8. The molecule has 3 nitrogen and oxygen atoms in total. The standard InChI is InChI=1S/C16H18O3S/c17-20(18,16-12-5-2-6-13-16)19-14-8-7-11-15-9-3-1-4-10-15/h1-6,9-10,12-13H,7-8,11,14H2. The molecule has 0 aliphatic carbocycles. The molecule has 0 fully saturated rings. The minimum atomic E-state index is -3.61. The third-order valence-electron chi connectivity index (χ3n) is 2.97. The van der Waals surface area contributed by atoms with E-state index in [4.69, 9.17) is 4.18 Å². The van der Waals surface area contributed by atoms with E-state index in [1.165, 1.54) is 5.56 Å². The van der Waals surface area contributed by atoms with E-state index in [0.29, 0.717) is 0 Å². The second kappa shape index (κ2) is 7.22. The minimum Gasteiger partial charge on any atom is -0.266 e. The van der Waals surface area contributed by atoms with Gasteiger partial charge in [-0.2, -0.15) is 8.42 Å². The maximum Gasteiger partial charge on any atom is 0.296 e. The van der Waals surface area contributed by atoms with Crippen LogP contribution in [-0.4, -0.2) is 15.0 Å². The van der Waals surface area contributed by atoms with Crippen LogP contribution in [0.25, 0.3) is 0 Å². The Morgan fingerprint density at radius 2 is 1.40 bits per heavy atom. The van der Waals surface area contributed by atoms with E-state index in [-0.39, 0.29) is 11.5 Å². The Hall–Kier alpha value is -1.65. The second-order valence-corrected chi connectivity index (χ2v) is 6.15. The molecule has 4 heteroatoms. The van der Waals surface area contributed by atoms with Gasteiger partial charge in [-0.1, -0.05) is 48.5 Å². The Kier molecular flexibility index (Phi) is 5.32. The van der Waals surface area contributed by atoms with Gasteiger partial charge in [0.1, 0.15) is 0 Å². The number of hydrogen-bond acceptors (Lipinski definition) is 3. The Morgan fingerprint density at radius 3 is 2.05 bits per heavy atom. The van der Waals surface area contributed by atoms with Crippen molar-refractivity contribution in [1.82, 2.24) is 0 Å². The van der Waals surface area contributed by atoms with Gasteiger partial charge in [-0.3, -0.25) is 4.18 Å². The van der Waals surface area contributed by atoms with Gasteiger partial charge in [0.15, 0.2) is 0 Å². The molecule has 0 heterocycles. The van der Waals surface area contributed by atoms with Gasteiger partial charge in [0.25, 0.3) is 10.1 Å². The highest BCUT2D eigenvalue weighted by molar-refractivity contribution is 7.86. The molecule has 20 heavy (non-hydrogen) atoms. The molecule has 0 N–H and O–H groups in total. The summed E-state index contributed by atoms with van der Waals surface area (Å²) in [5.74, 6) is 0. The van der Waals surface area contributed by atoms with Crippen molar-refractivity contribution in [2.45, 2.75) is 24.2 Å². The quantitative estimate of drug-likeness (QED) is 0.579. The van der Waals surface area contributed by atoms with Crippen LogP contribution in [0.15, 0.2) is 65.6 Å². The highest BCUT2D eigenvalue weighted by atomic mass is 32.2. The predicted molar refractivity (Wildman–Crippen MR) is 79.0 cm³/mol. The van der Waals surface area contributed by atoms with E-state index in [0.717, 1.165) is 19.3 Å². The molecule has 2 aromatic carbocycles. The van der Waals surface area contributed by atoms with Crippen molar-refractivity contribution in [2.24, 2.45) is 0 Å². The summed E-state index contributed by atoms with van der Waals surface area (Å²) in [5.41, 5.74) is 1.26. The highest BCUT2D eigenvalue weighted by Crippen LogP contribution is 2.12. The Balaban J connectivity index is 1.74. The SMILES string of the molecule is O=S(=O)(OCCCCc1ccccc1)c1ccccc1. The van der Waals surface area contributed by atoms with E-state index >= 15 is 0 Å². The third kappa shape index (κ3) is 4.47. The summed E-state index contributed by atoms with van der Waals surface area (Å²) in [7, 11) is -3.61. The van der Waals surface area contributed by atoms with Gasteiger partial charge in [-0.05, 0) is 37.0 Å². The van der Waals surface area contributed by atoms with E-state index in [1.54, 1.807) is 30.3 Å². The molecule has 0 aliphatic heterocycles. The summed E-state index contributed by atoms with van der Waals surface area (Å²) in [6, 6.07) is 18.4. The fraction of sp³-hybridized carbons (Fsp3) is 0.250. The lowest BCUT2D eigenvalue weighted by atomic mass is 10.1. The smallest absolute Gasteiger partial charge is 0.266 e. The number of benzene rings is 2. The third-order valence-corrected chi connectivity index (χ3v) is 4.30. The van der Waals surface area contributed by atoms with Crippen LogP contribution in [0.5, 0.6) is 0 Å². The van der Waals surface area contributed by atoms with Gasteiger partial charge in [0.05, 0.1) is 11.5 Å². The summed E-state index contributed by atoms with van der Waals surface area (Å²) in [4.78, 5) is 0.211. The zero-order valence-corrected chi connectivity index (χ0v) is 12.1. The van der Waals surface area contributed by atoms with Crippen LogP contribution >= 0.6 is 0 Å². The first-order valence-electron chi connectivity index (χ1n) is 6.67. The zero-order valence-electron chi connectivity index (χ0n) is 11.2. The highest BCUT2D eigenvalue weighted by Gasteiger charge is 2.13. The first-order valence-corrected chi connectivity index (χ1v) is 8.08. The van der Waals surface area contributed by atoms with Gasteiger partial charge in [0.2, 0.25) is 0 Å². The van der Waals surface area contributed by atoms with Gasteiger partial charge in [-0.15, -0.1) is 0 Å². The first-order chi connectivity index (χ1) is 9.68. The fourth-order valence-electron chi connectivity index (χ4n) is 1.90. The summed E-state index contributed by atoms with van der Waals surface area (Å²) in [6.45, 7) is 0.226. The molecule has 0 bridgehead atoms. The van der Waals surface area contributed by atoms with Gasteiger partial charge in [0, 0.05) is 0 Å². The van der Waals surface area contributed by atoms with Crippen LogP contribution in [-0.2, 0) is 20.7 Å². The van der Waals surface area contributed by atoms with E-state index in [1.807, 2.05) is 18.2 Å². The molecule has 2 aromatic rings. The molecule has 0 atom stereocenters. The molecule has 106 valence electrons. The van der Waals surface area contributed by atoms with Crippen molar-refractivity contribution in [3.05, 3.63) is 66.2 Å². The molecule has 0 aromatic heterocycles. The lowest BCUT2D eigenvalue weighted by molar-refractivity contribution is 0.308. The Bertz CT molecular complexity index is 607. The average Bonchev–Trinajstić information content (AvgIpc) is 2.49. The van der Waals surface area contributed by atoms with Crippen molar-refractivity contribution < 1.29 is 12.6 Å². The van der Waals surface area contributed by atoms with Crippen molar-refractivity contribution in [3.8, 4) is 0 Å². The Morgan fingerprint density at radius 1 is 0.800 bits per heavy atom. The maximum absolute atomic E-state index is 11.8. The van der Waals surface area contributed by atoms with Crippen LogP contribution in [0, 0.1) is 0 Å². The lowest BCUT2D eigenvalue weighted by Gasteiger charge is -2.05. The number of rotatable bonds is 7. The van der Waals surface area contributed by atoms with Crippen LogP contribution in [0.1, 0.15) is 18.4 Å². The second-order valence-electron chi connectivity index (χ2n) is 4.53. The van der Waals surface area contributed by atoms with Gasteiger partial charge < -0.3 is 0 Å². The van der Waals surface area contributed by atoms with E-state index in [2.05, 4.69) is 12.1 Å². The van der Waals surface area contributed by atoms with E-state index in [9.17, 15) is 8.42 Å². The maximum atomic E-state index is 11.8. The van der Waals surface area contributed by atoms with Crippen LogP contribution in [0.4, 0.5) is 0 Å². The molecule has 0 radical (unpaired) electrons. The topological polar surface area (TPSA) is 43.4 Å². The largest absolute Gasteiger partial charge is 0.296 e. The Labute approximate surface area is 120 Å².